The summed E-state index contributed by atoms with van der Waals surface area (Å²) in [5.74, 6) is 3.99. The second-order valence-corrected chi connectivity index (χ2v) is 24.8. The van der Waals surface area contributed by atoms with Crippen LogP contribution in [0, 0.1) is 33.5 Å². The predicted octanol–water partition coefficient (Wildman–Crippen LogP) is 14.7. The summed E-state index contributed by atoms with van der Waals surface area (Å²) in [5, 5.41) is 20.9. The number of benzene rings is 6. The van der Waals surface area contributed by atoms with Gasteiger partial charge in [0.2, 0.25) is 0 Å². The number of anilines is 2. The van der Waals surface area contributed by atoms with Gasteiger partial charge in [-0.15, -0.1) is 0 Å². The van der Waals surface area contributed by atoms with Crippen LogP contribution in [-0.2, 0) is 16.2 Å². The molecule has 0 spiro atoms. The number of rotatable bonds is 8. The summed E-state index contributed by atoms with van der Waals surface area (Å²) < 4.78 is 12.8. The molecule has 342 valence electrons. The third-order valence-corrected chi connectivity index (χ3v) is 18.7. The van der Waals surface area contributed by atoms with E-state index >= 15 is 0 Å². The number of ether oxygens (including phenoxy) is 2. The maximum absolute atomic E-state index is 10.4. The van der Waals surface area contributed by atoms with Crippen LogP contribution in [0.2, 0.25) is 0 Å². The Balaban J connectivity index is 1.02. The standard InChI is InChI=1S/C61H64N2O4/c1-55-25-37-26-56(2,31-55)34-59(29-37,33-55)41-9-17-47-48-18-10-42(60-30-38-27-57(3,35-60)32-58(4,28-38)36-60)22-50(48)61(49(47)21-41,39-5-11-43(12-6-39)66-45-15-19-51(62)53(64)23-45)40-7-13-44(14-8-40)67-46-16-20-52(63)54(65)24-46/h5-24,37-38,64-65H,25-36,62-63H2,1-4H3. The average Bonchev–Trinajstić information content (AvgIpc) is 3.54. The van der Waals surface area contributed by atoms with Crippen LogP contribution < -0.4 is 20.9 Å². The van der Waals surface area contributed by atoms with Crippen molar-refractivity contribution in [2.75, 3.05) is 11.5 Å². The lowest BCUT2D eigenvalue weighted by atomic mass is 9.39. The third kappa shape index (κ3) is 6.26. The van der Waals surface area contributed by atoms with Gasteiger partial charge in [0.05, 0.1) is 16.8 Å². The van der Waals surface area contributed by atoms with Crippen LogP contribution in [0.3, 0.4) is 0 Å². The SMILES string of the molecule is CC12CC3CC(C)(C1)CC(c1ccc4c(c1)C(c1ccc(Oc5ccc(N)c(O)c5)cc1)(c1ccc(Oc5ccc(N)c(O)c5)cc1)c1cc(C56CC7CC(C)(CC(C)(C7)C5)C6)ccc1-4)(C3)C2. The molecule has 0 saturated heterocycles. The van der Waals surface area contributed by atoms with Crippen molar-refractivity contribution in [1.82, 2.24) is 0 Å². The van der Waals surface area contributed by atoms with Crippen molar-refractivity contribution >= 4 is 11.4 Å². The molecule has 6 nitrogen and oxygen atoms in total. The van der Waals surface area contributed by atoms with Gasteiger partial charge in [0.1, 0.15) is 34.5 Å². The van der Waals surface area contributed by atoms with E-state index < -0.39 is 5.41 Å². The van der Waals surface area contributed by atoms with Crippen molar-refractivity contribution in [3.05, 3.63) is 155 Å². The van der Waals surface area contributed by atoms with E-state index in [9.17, 15) is 10.2 Å². The molecule has 8 bridgehead atoms. The fourth-order valence-corrected chi connectivity index (χ4v) is 18.3. The summed E-state index contributed by atoms with van der Waals surface area (Å²) in [6.07, 6.45) is 15.7. The highest BCUT2D eigenvalue weighted by Crippen LogP contribution is 2.72. The minimum Gasteiger partial charge on any atom is -0.506 e. The molecule has 6 N–H and O–H groups in total. The molecular formula is C61H64N2O4. The van der Waals surface area contributed by atoms with E-state index in [1.165, 1.54) is 122 Å². The summed E-state index contributed by atoms with van der Waals surface area (Å²) in [4.78, 5) is 0. The largest absolute Gasteiger partial charge is 0.506 e. The molecule has 8 saturated carbocycles. The van der Waals surface area contributed by atoms with Gasteiger partial charge in [0, 0.05) is 12.1 Å². The topological polar surface area (TPSA) is 111 Å². The first kappa shape index (κ1) is 41.3. The first-order valence-corrected chi connectivity index (χ1v) is 25.0. The molecule has 6 aromatic rings. The average molecular weight is 889 g/mol. The number of aromatic hydroxyl groups is 2. The zero-order chi connectivity index (χ0) is 45.9. The van der Waals surface area contributed by atoms with Crippen LogP contribution in [0.15, 0.2) is 121 Å². The highest BCUT2D eigenvalue weighted by molar-refractivity contribution is 5.87. The number of fused-ring (bicyclic) bond motifs is 3. The predicted molar refractivity (Wildman–Crippen MR) is 267 cm³/mol. The number of phenols is 2. The number of hydrogen-bond donors (Lipinski definition) is 4. The Morgan fingerprint density at radius 1 is 0.403 bits per heavy atom. The van der Waals surface area contributed by atoms with Crippen molar-refractivity contribution in [2.45, 2.75) is 121 Å². The molecule has 0 aromatic heterocycles. The van der Waals surface area contributed by atoms with Crippen LogP contribution in [0.4, 0.5) is 11.4 Å². The van der Waals surface area contributed by atoms with E-state index in [1.807, 2.05) is 0 Å². The molecule has 9 aliphatic carbocycles. The van der Waals surface area contributed by atoms with Gasteiger partial charge in [-0.1, -0.05) is 88.4 Å². The molecule has 0 heterocycles. The minimum absolute atomic E-state index is 0.00324. The van der Waals surface area contributed by atoms with Crippen molar-refractivity contribution in [1.29, 1.82) is 0 Å². The second-order valence-electron chi connectivity index (χ2n) is 24.8. The lowest BCUT2D eigenvalue weighted by molar-refractivity contribution is -0.110. The lowest BCUT2D eigenvalue weighted by Crippen LogP contribution is -2.56. The van der Waals surface area contributed by atoms with Gasteiger partial charge >= 0.3 is 0 Å². The molecule has 4 unspecified atom stereocenters. The smallest absolute Gasteiger partial charge is 0.142 e. The normalized spacial score (nSPS) is 33.4. The quantitative estimate of drug-likeness (QED) is 0.0893. The molecule has 0 amide bonds. The van der Waals surface area contributed by atoms with Gasteiger partial charge < -0.3 is 31.2 Å². The number of phenolic OH excluding ortho intramolecular Hbond substituents is 2. The maximum atomic E-state index is 10.4. The zero-order valence-corrected chi connectivity index (χ0v) is 39.6. The van der Waals surface area contributed by atoms with Crippen molar-refractivity contribution in [2.24, 2.45) is 33.5 Å². The molecule has 9 aliphatic rings. The lowest BCUT2D eigenvalue weighted by Gasteiger charge is -2.65. The second kappa shape index (κ2) is 13.6. The van der Waals surface area contributed by atoms with Gasteiger partial charge in [-0.2, -0.15) is 0 Å². The van der Waals surface area contributed by atoms with Gasteiger partial charge in [-0.05, 0) is 214 Å². The van der Waals surface area contributed by atoms with Crippen molar-refractivity contribution in [3.8, 4) is 45.6 Å². The van der Waals surface area contributed by atoms with E-state index in [0.29, 0.717) is 56.0 Å². The molecule has 8 fully saturated rings. The van der Waals surface area contributed by atoms with E-state index in [2.05, 4.69) is 113 Å². The fraction of sp³-hybridized carbons (Fsp3) is 0.410. The Morgan fingerprint density at radius 2 is 0.746 bits per heavy atom. The van der Waals surface area contributed by atoms with E-state index in [4.69, 9.17) is 20.9 Å². The van der Waals surface area contributed by atoms with Crippen LogP contribution in [0.5, 0.6) is 34.5 Å². The van der Waals surface area contributed by atoms with Crippen LogP contribution >= 0.6 is 0 Å². The van der Waals surface area contributed by atoms with Crippen LogP contribution in [0.1, 0.15) is 138 Å². The molecule has 67 heavy (non-hydrogen) atoms. The molecule has 15 rings (SSSR count). The van der Waals surface area contributed by atoms with Crippen molar-refractivity contribution < 1.29 is 19.7 Å². The Bertz CT molecular complexity index is 2790. The molecule has 4 atom stereocenters. The summed E-state index contributed by atoms with van der Waals surface area (Å²) in [5.41, 5.74) is 24.4. The highest BCUT2D eigenvalue weighted by Gasteiger charge is 2.62. The molecule has 0 aliphatic heterocycles. The van der Waals surface area contributed by atoms with Crippen molar-refractivity contribution in [3.63, 3.8) is 0 Å². The fourth-order valence-electron chi connectivity index (χ4n) is 18.3. The molecular weight excluding hydrogens is 825 g/mol. The highest BCUT2D eigenvalue weighted by atomic mass is 16.5. The Hall–Kier alpha value is -5.88. The monoisotopic (exact) mass is 888 g/mol. The summed E-state index contributed by atoms with van der Waals surface area (Å²) >= 11 is 0. The van der Waals surface area contributed by atoms with Crippen LogP contribution in [-0.4, -0.2) is 10.2 Å². The molecule has 0 radical (unpaired) electrons. The Kier molecular flexibility index (Phi) is 8.41. The maximum Gasteiger partial charge on any atom is 0.142 e. The van der Waals surface area contributed by atoms with Gasteiger partial charge in [-0.3, -0.25) is 0 Å². The van der Waals surface area contributed by atoms with E-state index in [1.54, 1.807) is 36.4 Å². The van der Waals surface area contributed by atoms with Gasteiger partial charge in [0.15, 0.2) is 0 Å². The Labute approximate surface area is 395 Å². The third-order valence-electron chi connectivity index (χ3n) is 18.7. The zero-order valence-electron chi connectivity index (χ0n) is 39.6. The van der Waals surface area contributed by atoms with Gasteiger partial charge in [0.25, 0.3) is 0 Å². The van der Waals surface area contributed by atoms with Gasteiger partial charge in [-0.25, -0.2) is 0 Å². The summed E-state index contributed by atoms with van der Waals surface area (Å²) in [7, 11) is 0. The molecule has 6 aromatic carbocycles. The number of nitrogens with two attached hydrogens (primary N) is 2. The first-order chi connectivity index (χ1) is 32.0. The van der Waals surface area contributed by atoms with E-state index in [0.717, 1.165) is 11.8 Å². The summed E-state index contributed by atoms with van der Waals surface area (Å²) in [6.45, 7) is 10.4. The minimum atomic E-state index is -0.668. The van der Waals surface area contributed by atoms with Crippen LogP contribution in [0.25, 0.3) is 11.1 Å². The van der Waals surface area contributed by atoms with E-state index in [-0.39, 0.29) is 22.3 Å². The first-order valence-electron chi connectivity index (χ1n) is 25.0. The number of hydrogen-bond acceptors (Lipinski definition) is 6. The Morgan fingerprint density at radius 3 is 1.09 bits per heavy atom. The number of nitrogen functional groups attached to an aromatic ring is 2. The summed E-state index contributed by atoms with van der Waals surface area (Å²) in [6, 6.07) is 42.9. The molecule has 6 heteroatoms.